The number of ether oxygens (including phenoxy) is 1. The molecule has 1 atom stereocenters. The van der Waals surface area contributed by atoms with Gasteiger partial charge in [0.05, 0.1) is 11.6 Å². The Labute approximate surface area is 113 Å². The van der Waals surface area contributed by atoms with E-state index in [1.807, 2.05) is 31.3 Å². The summed E-state index contributed by atoms with van der Waals surface area (Å²) in [6, 6.07) is 6.05. The highest BCUT2D eigenvalue weighted by Gasteiger charge is 2.44. The van der Waals surface area contributed by atoms with Crippen molar-refractivity contribution in [1.29, 1.82) is 0 Å². The Hall–Kier alpha value is -1.62. The first-order valence-electron chi connectivity index (χ1n) is 6.79. The molecule has 3 rings (SSSR count). The van der Waals surface area contributed by atoms with Gasteiger partial charge in [0.15, 0.2) is 0 Å². The largest absolute Gasteiger partial charge is 0.363 e. The lowest BCUT2D eigenvalue weighted by Crippen LogP contribution is -2.62. The van der Waals surface area contributed by atoms with Gasteiger partial charge < -0.3 is 15.0 Å². The topological polar surface area (TPSA) is 54.5 Å². The zero-order chi connectivity index (χ0) is 13.3. The van der Waals surface area contributed by atoms with Crippen LogP contribution in [-0.2, 0) is 9.53 Å². The van der Waals surface area contributed by atoms with Crippen molar-refractivity contribution >= 4 is 11.7 Å². The van der Waals surface area contributed by atoms with E-state index in [9.17, 15) is 4.79 Å². The van der Waals surface area contributed by atoms with Gasteiger partial charge in [0.1, 0.15) is 12.4 Å². The van der Waals surface area contributed by atoms with Gasteiger partial charge in [0.2, 0.25) is 5.91 Å². The number of rotatable bonds is 1. The minimum absolute atomic E-state index is 0.00900. The molecule has 5 nitrogen and oxygen atoms in total. The zero-order valence-electron chi connectivity index (χ0n) is 11.1. The maximum Gasteiger partial charge on any atom is 0.246 e. The number of nitrogens with one attached hydrogen (secondary N) is 1. The van der Waals surface area contributed by atoms with Crippen LogP contribution < -0.4 is 10.2 Å². The highest BCUT2D eigenvalue weighted by atomic mass is 16.5. The van der Waals surface area contributed by atoms with E-state index in [1.54, 1.807) is 0 Å². The van der Waals surface area contributed by atoms with Crippen molar-refractivity contribution < 1.29 is 9.53 Å². The van der Waals surface area contributed by atoms with Crippen LogP contribution in [0.1, 0.15) is 19.8 Å². The fourth-order valence-electron chi connectivity index (χ4n) is 2.98. The molecule has 0 aliphatic carbocycles. The summed E-state index contributed by atoms with van der Waals surface area (Å²) in [6.07, 6.45) is 3.66. The van der Waals surface area contributed by atoms with Crippen LogP contribution in [0.25, 0.3) is 0 Å². The lowest BCUT2D eigenvalue weighted by Gasteiger charge is -2.47. The van der Waals surface area contributed by atoms with Crippen LogP contribution in [0.2, 0.25) is 0 Å². The van der Waals surface area contributed by atoms with Crippen LogP contribution in [0.4, 0.5) is 5.82 Å². The Kier molecular flexibility index (Phi) is 3.14. The lowest BCUT2D eigenvalue weighted by atomic mass is 9.83. The molecule has 2 saturated heterocycles. The molecule has 1 spiro atoms. The number of aromatic nitrogens is 1. The number of morpholine rings is 1. The van der Waals surface area contributed by atoms with E-state index in [1.165, 1.54) is 0 Å². The highest BCUT2D eigenvalue weighted by molar-refractivity contribution is 5.78. The van der Waals surface area contributed by atoms with Crippen LogP contribution in [0.3, 0.4) is 0 Å². The molecule has 102 valence electrons. The van der Waals surface area contributed by atoms with Crippen molar-refractivity contribution in [2.75, 3.05) is 24.6 Å². The molecule has 19 heavy (non-hydrogen) atoms. The van der Waals surface area contributed by atoms with Crippen molar-refractivity contribution in [1.82, 2.24) is 10.3 Å². The third kappa shape index (κ3) is 2.30. The molecule has 2 aliphatic heterocycles. The van der Waals surface area contributed by atoms with Crippen LogP contribution in [0.15, 0.2) is 24.4 Å². The molecule has 1 N–H and O–H groups in total. The Morgan fingerprint density at radius 1 is 1.42 bits per heavy atom. The summed E-state index contributed by atoms with van der Waals surface area (Å²) in [7, 11) is 0. The Bertz CT molecular complexity index is 455. The Morgan fingerprint density at radius 3 is 2.84 bits per heavy atom. The molecule has 0 aromatic carbocycles. The monoisotopic (exact) mass is 261 g/mol. The van der Waals surface area contributed by atoms with E-state index >= 15 is 0 Å². The molecule has 1 aromatic heterocycles. The standard InChI is InChI=1S/C14H19N3O2/c1-11-14(19-10-13(18)16-11)5-8-17(9-6-14)12-4-2-3-7-15-12/h2-4,7,11H,5-6,8-10H2,1H3,(H,16,18). The molecule has 3 heterocycles. The minimum Gasteiger partial charge on any atom is -0.363 e. The molecular formula is C14H19N3O2. The lowest BCUT2D eigenvalue weighted by molar-refractivity contribution is -0.154. The van der Waals surface area contributed by atoms with Gasteiger partial charge in [-0.05, 0) is 31.9 Å². The third-order valence-electron chi connectivity index (χ3n) is 4.24. The second-order valence-corrected chi connectivity index (χ2v) is 5.32. The number of amides is 1. The first-order chi connectivity index (χ1) is 9.20. The predicted molar refractivity (Wildman–Crippen MR) is 72.0 cm³/mol. The van der Waals surface area contributed by atoms with E-state index in [2.05, 4.69) is 15.2 Å². The zero-order valence-corrected chi connectivity index (χ0v) is 11.1. The van der Waals surface area contributed by atoms with Crippen molar-refractivity contribution in [3.63, 3.8) is 0 Å². The maximum absolute atomic E-state index is 11.3. The summed E-state index contributed by atoms with van der Waals surface area (Å²) in [6.45, 7) is 4.05. The Balaban J connectivity index is 1.68. The van der Waals surface area contributed by atoms with Crippen molar-refractivity contribution in [2.45, 2.75) is 31.4 Å². The van der Waals surface area contributed by atoms with Gasteiger partial charge in [-0.1, -0.05) is 6.07 Å². The Morgan fingerprint density at radius 2 is 2.21 bits per heavy atom. The summed E-state index contributed by atoms with van der Waals surface area (Å²) in [5.41, 5.74) is -0.195. The summed E-state index contributed by atoms with van der Waals surface area (Å²) in [5, 5.41) is 3.00. The summed E-state index contributed by atoms with van der Waals surface area (Å²) >= 11 is 0. The second-order valence-electron chi connectivity index (χ2n) is 5.32. The number of carbonyl (C=O) groups excluding carboxylic acids is 1. The number of piperidine rings is 1. The first kappa shape index (κ1) is 12.4. The minimum atomic E-state index is -0.195. The smallest absolute Gasteiger partial charge is 0.246 e. The van der Waals surface area contributed by atoms with Gasteiger partial charge in [-0.25, -0.2) is 4.98 Å². The van der Waals surface area contributed by atoms with E-state index in [0.717, 1.165) is 31.7 Å². The highest BCUT2D eigenvalue weighted by Crippen LogP contribution is 2.33. The van der Waals surface area contributed by atoms with Crippen LogP contribution in [-0.4, -0.2) is 42.2 Å². The van der Waals surface area contributed by atoms with E-state index in [0.29, 0.717) is 0 Å². The number of anilines is 1. The van der Waals surface area contributed by atoms with E-state index in [4.69, 9.17) is 4.74 Å². The third-order valence-corrected chi connectivity index (χ3v) is 4.24. The molecule has 2 fully saturated rings. The number of nitrogens with zero attached hydrogens (tertiary/aromatic N) is 2. The molecule has 1 unspecified atom stereocenters. The van der Waals surface area contributed by atoms with Gasteiger partial charge in [-0.3, -0.25) is 4.79 Å². The first-order valence-corrected chi connectivity index (χ1v) is 6.79. The molecule has 0 saturated carbocycles. The average molecular weight is 261 g/mol. The maximum atomic E-state index is 11.3. The van der Waals surface area contributed by atoms with Gasteiger partial charge in [0.25, 0.3) is 0 Å². The van der Waals surface area contributed by atoms with E-state index in [-0.39, 0.29) is 24.2 Å². The van der Waals surface area contributed by atoms with Crippen LogP contribution in [0.5, 0.6) is 0 Å². The number of carbonyl (C=O) groups is 1. The van der Waals surface area contributed by atoms with Gasteiger partial charge >= 0.3 is 0 Å². The summed E-state index contributed by atoms with van der Waals surface area (Å²) in [5.74, 6) is 1.01. The quantitative estimate of drug-likeness (QED) is 0.818. The molecular weight excluding hydrogens is 242 g/mol. The van der Waals surface area contributed by atoms with Gasteiger partial charge in [-0.15, -0.1) is 0 Å². The molecule has 1 amide bonds. The summed E-state index contributed by atoms with van der Waals surface area (Å²) in [4.78, 5) is 18.0. The molecule has 0 radical (unpaired) electrons. The number of hydrogen-bond donors (Lipinski definition) is 1. The fraction of sp³-hybridized carbons (Fsp3) is 0.571. The molecule has 2 aliphatic rings. The molecule has 1 aromatic rings. The predicted octanol–water partition coefficient (Wildman–Crippen LogP) is 0.955. The molecule has 5 heteroatoms. The normalized spacial score (nSPS) is 26.3. The SMILES string of the molecule is CC1NC(=O)COC12CCN(c1ccccn1)CC2. The second kappa shape index (κ2) is 4.81. The van der Waals surface area contributed by atoms with Crippen LogP contribution >= 0.6 is 0 Å². The van der Waals surface area contributed by atoms with E-state index < -0.39 is 0 Å². The summed E-state index contributed by atoms with van der Waals surface area (Å²) < 4.78 is 5.86. The number of hydrogen-bond acceptors (Lipinski definition) is 4. The van der Waals surface area contributed by atoms with Crippen LogP contribution in [0, 0.1) is 0 Å². The molecule has 0 bridgehead atoms. The van der Waals surface area contributed by atoms with Crippen molar-refractivity contribution in [3.05, 3.63) is 24.4 Å². The van der Waals surface area contributed by atoms with Gasteiger partial charge in [0, 0.05) is 19.3 Å². The number of pyridine rings is 1. The fourth-order valence-corrected chi connectivity index (χ4v) is 2.98. The van der Waals surface area contributed by atoms with Crippen molar-refractivity contribution in [2.24, 2.45) is 0 Å². The average Bonchev–Trinajstić information content (AvgIpc) is 2.45. The van der Waals surface area contributed by atoms with Crippen molar-refractivity contribution in [3.8, 4) is 0 Å². The van der Waals surface area contributed by atoms with Gasteiger partial charge in [-0.2, -0.15) is 0 Å².